The lowest BCUT2D eigenvalue weighted by atomic mass is 10.2. The number of aromatic nitrogens is 1. The minimum absolute atomic E-state index is 0.709. The molecular weight excluding hydrogens is 345 g/mol. The molecule has 0 radical (unpaired) electrons. The summed E-state index contributed by atoms with van der Waals surface area (Å²) >= 11 is 5.64. The number of nitrogens with one attached hydrogen (secondary N) is 1. The Balaban J connectivity index is 2.95. The molecule has 1 heterocycles. The first-order chi connectivity index (χ1) is 6.24. The van der Waals surface area contributed by atoms with Crippen LogP contribution in [-0.4, -0.2) is 11.3 Å². The highest BCUT2D eigenvalue weighted by molar-refractivity contribution is 14.1. The molecule has 0 saturated carbocycles. The SMILES string of the molecule is O=Cc1c[nH]c2c(Br)ccc(I)c12. The molecule has 0 fully saturated rings. The molecule has 0 aliphatic rings. The average Bonchev–Trinajstić information content (AvgIpc) is 2.56. The molecule has 13 heavy (non-hydrogen) atoms. The van der Waals surface area contributed by atoms with Crippen molar-refractivity contribution in [1.29, 1.82) is 0 Å². The number of H-pyrrole nitrogens is 1. The fourth-order valence-corrected chi connectivity index (χ4v) is 2.50. The number of halogens is 2. The summed E-state index contributed by atoms with van der Waals surface area (Å²) < 4.78 is 2.06. The van der Waals surface area contributed by atoms with Crippen LogP contribution in [0.5, 0.6) is 0 Å². The molecule has 66 valence electrons. The molecule has 2 nitrogen and oxygen atoms in total. The maximum absolute atomic E-state index is 10.7. The third-order valence-electron chi connectivity index (χ3n) is 1.89. The predicted molar refractivity (Wildman–Crippen MR) is 64.1 cm³/mol. The third kappa shape index (κ3) is 1.42. The summed E-state index contributed by atoms with van der Waals surface area (Å²) in [6, 6.07) is 3.95. The summed E-state index contributed by atoms with van der Waals surface area (Å²) in [5.41, 5.74) is 1.69. The van der Waals surface area contributed by atoms with Crippen molar-refractivity contribution in [2.75, 3.05) is 0 Å². The normalized spacial score (nSPS) is 10.6. The fourth-order valence-electron chi connectivity index (χ4n) is 1.29. The van der Waals surface area contributed by atoms with Gasteiger partial charge < -0.3 is 4.98 Å². The molecule has 2 aromatic rings. The maximum atomic E-state index is 10.7. The number of carbonyl (C=O) groups excluding carboxylic acids is 1. The summed E-state index contributed by atoms with van der Waals surface area (Å²) in [5, 5.41) is 0.991. The monoisotopic (exact) mass is 349 g/mol. The second-order valence-corrected chi connectivity index (χ2v) is 4.66. The second-order valence-electron chi connectivity index (χ2n) is 2.64. The van der Waals surface area contributed by atoms with Crippen LogP contribution in [0.4, 0.5) is 0 Å². The number of aromatic amines is 1. The largest absolute Gasteiger partial charge is 0.359 e. The first-order valence-electron chi connectivity index (χ1n) is 3.64. The molecule has 0 spiro atoms. The van der Waals surface area contributed by atoms with E-state index < -0.39 is 0 Å². The van der Waals surface area contributed by atoms with E-state index in [9.17, 15) is 4.79 Å². The van der Waals surface area contributed by atoms with Gasteiger partial charge in [-0.25, -0.2) is 0 Å². The first kappa shape index (κ1) is 9.21. The van der Waals surface area contributed by atoms with Crippen LogP contribution in [0.1, 0.15) is 10.4 Å². The molecule has 1 N–H and O–H groups in total. The molecule has 0 bridgehead atoms. The summed E-state index contributed by atoms with van der Waals surface area (Å²) in [4.78, 5) is 13.8. The second kappa shape index (κ2) is 3.42. The van der Waals surface area contributed by atoms with Gasteiger partial charge in [-0.1, -0.05) is 0 Å². The number of hydrogen-bond acceptors (Lipinski definition) is 1. The zero-order valence-corrected chi connectivity index (χ0v) is 10.2. The molecule has 0 aliphatic carbocycles. The predicted octanol–water partition coefficient (Wildman–Crippen LogP) is 3.35. The zero-order valence-electron chi connectivity index (χ0n) is 6.47. The fraction of sp³-hybridized carbons (Fsp3) is 0. The molecule has 0 amide bonds. The molecule has 1 aromatic carbocycles. The van der Waals surface area contributed by atoms with E-state index in [4.69, 9.17) is 0 Å². The van der Waals surface area contributed by atoms with Crippen LogP contribution >= 0.6 is 38.5 Å². The van der Waals surface area contributed by atoms with Gasteiger partial charge in [0.05, 0.1) is 5.52 Å². The van der Waals surface area contributed by atoms with E-state index in [-0.39, 0.29) is 0 Å². The molecular formula is C9H5BrINO. The Morgan fingerprint density at radius 2 is 2.23 bits per heavy atom. The van der Waals surface area contributed by atoms with Gasteiger partial charge in [-0.3, -0.25) is 4.79 Å². The van der Waals surface area contributed by atoms with Crippen LogP contribution in [0, 0.1) is 3.57 Å². The van der Waals surface area contributed by atoms with Gasteiger partial charge in [0.25, 0.3) is 0 Å². The van der Waals surface area contributed by atoms with E-state index in [1.165, 1.54) is 0 Å². The van der Waals surface area contributed by atoms with Crippen LogP contribution in [0.3, 0.4) is 0 Å². The molecule has 2 rings (SSSR count). The van der Waals surface area contributed by atoms with E-state index >= 15 is 0 Å². The summed E-state index contributed by atoms with van der Waals surface area (Å²) in [7, 11) is 0. The highest BCUT2D eigenvalue weighted by atomic mass is 127. The van der Waals surface area contributed by atoms with Gasteiger partial charge in [0.2, 0.25) is 0 Å². The molecule has 4 heteroatoms. The van der Waals surface area contributed by atoms with Crippen LogP contribution < -0.4 is 0 Å². The zero-order chi connectivity index (χ0) is 9.42. The summed E-state index contributed by atoms with van der Waals surface area (Å²) in [6.45, 7) is 0. The van der Waals surface area contributed by atoms with Gasteiger partial charge >= 0.3 is 0 Å². The first-order valence-corrected chi connectivity index (χ1v) is 5.51. The van der Waals surface area contributed by atoms with E-state index in [0.29, 0.717) is 5.56 Å². The lowest BCUT2D eigenvalue weighted by molar-refractivity contribution is 0.112. The number of benzene rings is 1. The Hall–Kier alpha value is -0.360. The number of aldehydes is 1. The van der Waals surface area contributed by atoms with E-state index in [0.717, 1.165) is 25.2 Å². The molecule has 1 aromatic heterocycles. The summed E-state index contributed by atoms with van der Waals surface area (Å²) in [6.07, 6.45) is 2.60. The summed E-state index contributed by atoms with van der Waals surface area (Å²) in [5.74, 6) is 0. The number of fused-ring (bicyclic) bond motifs is 1. The van der Waals surface area contributed by atoms with Gasteiger partial charge in [0.15, 0.2) is 6.29 Å². The van der Waals surface area contributed by atoms with E-state index in [2.05, 4.69) is 43.5 Å². The minimum atomic E-state index is 0.709. The van der Waals surface area contributed by atoms with Gasteiger partial charge in [-0.2, -0.15) is 0 Å². The Labute approximate surface area is 97.0 Å². The van der Waals surface area contributed by atoms with Crippen molar-refractivity contribution < 1.29 is 4.79 Å². The molecule has 0 saturated heterocycles. The van der Waals surface area contributed by atoms with Crippen molar-refractivity contribution in [2.45, 2.75) is 0 Å². The van der Waals surface area contributed by atoms with Crippen molar-refractivity contribution in [1.82, 2.24) is 4.98 Å². The Bertz CT molecular complexity index is 478. The topological polar surface area (TPSA) is 32.9 Å². The molecule has 0 unspecified atom stereocenters. The van der Waals surface area contributed by atoms with Gasteiger partial charge in [-0.15, -0.1) is 0 Å². The van der Waals surface area contributed by atoms with Gasteiger partial charge in [0.1, 0.15) is 0 Å². The van der Waals surface area contributed by atoms with Crippen molar-refractivity contribution in [3.63, 3.8) is 0 Å². The maximum Gasteiger partial charge on any atom is 0.152 e. The number of rotatable bonds is 1. The van der Waals surface area contributed by atoms with Crippen molar-refractivity contribution in [3.8, 4) is 0 Å². The number of carbonyl (C=O) groups is 1. The average molecular weight is 350 g/mol. The quantitative estimate of drug-likeness (QED) is 0.621. The van der Waals surface area contributed by atoms with E-state index in [1.807, 2.05) is 12.1 Å². The van der Waals surface area contributed by atoms with Crippen LogP contribution in [-0.2, 0) is 0 Å². The Kier molecular flexibility index (Phi) is 2.42. The van der Waals surface area contributed by atoms with Gasteiger partial charge in [-0.05, 0) is 50.7 Å². The lowest BCUT2D eigenvalue weighted by Crippen LogP contribution is -1.80. The standard InChI is InChI=1S/C9H5BrINO/c10-6-1-2-7(11)8-5(4-13)3-12-9(6)8/h1-4,12H. The lowest BCUT2D eigenvalue weighted by Gasteiger charge is -1.97. The van der Waals surface area contributed by atoms with E-state index in [1.54, 1.807) is 6.20 Å². The highest BCUT2D eigenvalue weighted by Crippen LogP contribution is 2.29. The Morgan fingerprint density at radius 3 is 2.92 bits per heavy atom. The highest BCUT2D eigenvalue weighted by Gasteiger charge is 2.08. The van der Waals surface area contributed by atoms with Crippen LogP contribution in [0.25, 0.3) is 10.9 Å². The number of hydrogen-bond donors (Lipinski definition) is 1. The van der Waals surface area contributed by atoms with Crippen molar-refractivity contribution in [3.05, 3.63) is 31.9 Å². The molecule has 0 atom stereocenters. The van der Waals surface area contributed by atoms with Crippen molar-refractivity contribution >= 4 is 55.7 Å². The van der Waals surface area contributed by atoms with Gasteiger partial charge in [0, 0.05) is 25.2 Å². The molecule has 0 aliphatic heterocycles. The minimum Gasteiger partial charge on any atom is -0.359 e. The smallest absolute Gasteiger partial charge is 0.152 e. The van der Waals surface area contributed by atoms with Crippen LogP contribution in [0.2, 0.25) is 0 Å². The third-order valence-corrected chi connectivity index (χ3v) is 3.45. The van der Waals surface area contributed by atoms with Crippen molar-refractivity contribution in [2.24, 2.45) is 0 Å². The van der Waals surface area contributed by atoms with Crippen LogP contribution in [0.15, 0.2) is 22.8 Å². The Morgan fingerprint density at radius 1 is 1.46 bits per heavy atom.